The van der Waals surface area contributed by atoms with E-state index in [2.05, 4.69) is 0 Å². The van der Waals surface area contributed by atoms with Crippen LogP contribution in [0.3, 0.4) is 0 Å². The van der Waals surface area contributed by atoms with Gasteiger partial charge in [-0.25, -0.2) is 0 Å². The Morgan fingerprint density at radius 3 is 1.44 bits per heavy atom. The van der Waals surface area contributed by atoms with E-state index >= 15 is 0 Å². The lowest BCUT2D eigenvalue weighted by molar-refractivity contribution is -0.149. The van der Waals surface area contributed by atoms with Crippen molar-refractivity contribution < 1.29 is 28.7 Å². The maximum Gasteiger partial charge on any atom is 0.313 e. The molecule has 0 spiro atoms. The third-order valence-corrected chi connectivity index (χ3v) is 1.84. The molecule has 0 fully saturated rings. The first-order valence-electron chi connectivity index (χ1n) is 5.61. The molecule has 0 radical (unpaired) electrons. The monoisotopic (exact) mass is 258 g/mol. The van der Waals surface area contributed by atoms with Gasteiger partial charge in [0.2, 0.25) is 0 Å². The predicted molar refractivity (Wildman–Crippen MR) is 61.7 cm³/mol. The fourth-order valence-electron chi connectivity index (χ4n) is 1.03. The van der Waals surface area contributed by atoms with Crippen molar-refractivity contribution in [1.29, 1.82) is 0 Å². The molecule has 18 heavy (non-hydrogen) atoms. The molecule has 102 valence electrons. The van der Waals surface area contributed by atoms with Crippen LogP contribution < -0.4 is 0 Å². The third-order valence-electron chi connectivity index (χ3n) is 1.84. The molecule has 0 bridgehead atoms. The second kappa shape index (κ2) is 8.38. The molecule has 0 aromatic heterocycles. The fraction of sp³-hybridized carbons (Fsp3) is 0.667. The highest BCUT2D eigenvalue weighted by Gasteiger charge is 2.12. The summed E-state index contributed by atoms with van der Waals surface area (Å²) in [4.78, 5) is 43.3. The molecule has 0 N–H and O–H groups in total. The van der Waals surface area contributed by atoms with Crippen LogP contribution in [0.2, 0.25) is 0 Å². The molecule has 0 aliphatic carbocycles. The Hall–Kier alpha value is -1.72. The highest BCUT2D eigenvalue weighted by molar-refractivity contribution is 5.94. The van der Waals surface area contributed by atoms with E-state index in [1.807, 2.05) is 0 Å². The molecule has 0 saturated carbocycles. The van der Waals surface area contributed by atoms with Gasteiger partial charge in [0.1, 0.15) is 24.4 Å². The summed E-state index contributed by atoms with van der Waals surface area (Å²) in [6.45, 7) is 4.46. The number of ketones is 2. The van der Waals surface area contributed by atoms with Gasteiger partial charge in [0, 0.05) is 5.92 Å². The van der Waals surface area contributed by atoms with Crippen molar-refractivity contribution in [3.8, 4) is 0 Å². The summed E-state index contributed by atoms with van der Waals surface area (Å²) in [5.41, 5.74) is 0. The first-order valence-corrected chi connectivity index (χ1v) is 5.61. The third kappa shape index (κ3) is 9.50. The summed E-state index contributed by atoms with van der Waals surface area (Å²) >= 11 is 0. The Labute approximate surface area is 106 Å². The van der Waals surface area contributed by atoms with Crippen molar-refractivity contribution in [2.45, 2.75) is 33.6 Å². The van der Waals surface area contributed by atoms with Crippen LogP contribution in [0.1, 0.15) is 33.6 Å². The minimum atomic E-state index is -0.593. The van der Waals surface area contributed by atoms with Gasteiger partial charge in [0.05, 0.1) is 13.2 Å². The predicted octanol–water partition coefficient (Wildman–Crippen LogP) is 0.667. The number of rotatable bonds is 8. The van der Waals surface area contributed by atoms with Crippen LogP contribution in [0.4, 0.5) is 0 Å². The van der Waals surface area contributed by atoms with Crippen LogP contribution in [0.15, 0.2) is 0 Å². The summed E-state index contributed by atoms with van der Waals surface area (Å²) in [7, 11) is 0. The fourth-order valence-corrected chi connectivity index (χ4v) is 1.03. The molecule has 0 aliphatic heterocycles. The highest BCUT2D eigenvalue weighted by Crippen LogP contribution is 2.00. The molecule has 0 aliphatic rings. The van der Waals surface area contributed by atoms with Gasteiger partial charge in [-0.1, -0.05) is 6.92 Å². The van der Waals surface area contributed by atoms with Crippen LogP contribution in [0.5, 0.6) is 0 Å². The average molecular weight is 258 g/mol. The quantitative estimate of drug-likeness (QED) is 0.469. The summed E-state index contributed by atoms with van der Waals surface area (Å²) in [6.07, 6.45) is -0.506. The molecule has 0 unspecified atom stereocenters. The van der Waals surface area contributed by atoms with E-state index in [4.69, 9.17) is 9.47 Å². The van der Waals surface area contributed by atoms with Crippen LogP contribution >= 0.6 is 0 Å². The van der Waals surface area contributed by atoms with Gasteiger partial charge in [0.25, 0.3) is 0 Å². The van der Waals surface area contributed by atoms with E-state index in [1.165, 1.54) is 13.8 Å². The number of carbonyl (C=O) groups is 4. The molecule has 0 atom stereocenters. The average Bonchev–Trinajstić information content (AvgIpc) is 2.21. The normalized spacial score (nSPS) is 10.0. The summed E-state index contributed by atoms with van der Waals surface area (Å²) in [5, 5.41) is 0. The number of ether oxygens (including phenoxy) is 2. The van der Waals surface area contributed by atoms with E-state index in [-0.39, 0.29) is 43.5 Å². The standard InChI is InChI=1S/C12H18O6/c1-8(6-17-11(15)4-9(2)13)7-18-12(16)5-10(3)14/h8H,4-7H2,1-3H3. The van der Waals surface area contributed by atoms with Gasteiger partial charge in [-0.15, -0.1) is 0 Å². The minimum absolute atomic E-state index is 0.0689. The molecular weight excluding hydrogens is 240 g/mol. The number of hydrogen-bond donors (Lipinski definition) is 0. The first-order chi connectivity index (χ1) is 8.31. The lowest BCUT2D eigenvalue weighted by atomic mass is 10.2. The molecule has 0 aromatic carbocycles. The van der Waals surface area contributed by atoms with E-state index in [9.17, 15) is 19.2 Å². The molecule has 0 amide bonds. The van der Waals surface area contributed by atoms with Gasteiger partial charge < -0.3 is 9.47 Å². The maximum absolute atomic E-state index is 11.0. The Morgan fingerprint density at radius 1 is 0.833 bits per heavy atom. The van der Waals surface area contributed by atoms with Gasteiger partial charge >= 0.3 is 11.9 Å². The number of hydrogen-bond acceptors (Lipinski definition) is 6. The maximum atomic E-state index is 11.0. The van der Waals surface area contributed by atoms with Gasteiger partial charge in [0.15, 0.2) is 0 Å². The first kappa shape index (κ1) is 16.3. The largest absolute Gasteiger partial charge is 0.465 e. The zero-order chi connectivity index (χ0) is 14.1. The van der Waals surface area contributed by atoms with Crippen molar-refractivity contribution in [2.75, 3.05) is 13.2 Å². The van der Waals surface area contributed by atoms with Gasteiger partial charge in [-0.05, 0) is 13.8 Å². The molecule has 0 rings (SSSR count). The lowest BCUT2D eigenvalue weighted by Crippen LogP contribution is -2.20. The Morgan fingerprint density at radius 2 is 1.17 bits per heavy atom. The van der Waals surface area contributed by atoms with Crippen molar-refractivity contribution in [3.05, 3.63) is 0 Å². The Balaban J connectivity index is 3.74. The second-order valence-electron chi connectivity index (χ2n) is 4.23. The van der Waals surface area contributed by atoms with Crippen molar-refractivity contribution in [2.24, 2.45) is 5.92 Å². The van der Waals surface area contributed by atoms with E-state index < -0.39 is 11.9 Å². The minimum Gasteiger partial charge on any atom is -0.465 e. The second-order valence-corrected chi connectivity index (χ2v) is 4.23. The molecule has 6 nitrogen and oxygen atoms in total. The zero-order valence-electron chi connectivity index (χ0n) is 10.9. The SMILES string of the molecule is CC(=O)CC(=O)OCC(C)COC(=O)CC(C)=O. The zero-order valence-corrected chi connectivity index (χ0v) is 10.9. The molecule has 0 heterocycles. The van der Waals surface area contributed by atoms with E-state index in [0.717, 1.165) is 0 Å². The van der Waals surface area contributed by atoms with Crippen molar-refractivity contribution >= 4 is 23.5 Å². The number of carbonyl (C=O) groups excluding carboxylic acids is 4. The number of esters is 2. The van der Waals surface area contributed by atoms with Crippen LogP contribution in [-0.4, -0.2) is 36.7 Å². The smallest absolute Gasteiger partial charge is 0.313 e. The van der Waals surface area contributed by atoms with Crippen molar-refractivity contribution in [3.63, 3.8) is 0 Å². The van der Waals surface area contributed by atoms with E-state index in [1.54, 1.807) is 6.92 Å². The Kier molecular flexibility index (Phi) is 7.58. The Bertz CT molecular complexity index is 301. The van der Waals surface area contributed by atoms with E-state index in [0.29, 0.717) is 0 Å². The summed E-state index contributed by atoms with van der Waals surface area (Å²) < 4.78 is 9.62. The molecule has 0 saturated heterocycles. The molecule has 6 heteroatoms. The lowest BCUT2D eigenvalue weighted by Gasteiger charge is -2.12. The van der Waals surface area contributed by atoms with Crippen LogP contribution in [0.25, 0.3) is 0 Å². The highest BCUT2D eigenvalue weighted by atomic mass is 16.5. The summed E-state index contributed by atoms with van der Waals surface area (Å²) in [5.74, 6) is -1.90. The van der Waals surface area contributed by atoms with Crippen molar-refractivity contribution in [1.82, 2.24) is 0 Å². The molecular formula is C12H18O6. The van der Waals surface area contributed by atoms with Gasteiger partial charge in [-0.2, -0.15) is 0 Å². The van der Waals surface area contributed by atoms with Crippen LogP contribution in [0, 0.1) is 5.92 Å². The summed E-state index contributed by atoms with van der Waals surface area (Å²) in [6, 6.07) is 0. The number of Topliss-reactive ketones (excluding diaryl/α,β-unsaturated/α-hetero) is 2. The molecule has 0 aromatic rings. The van der Waals surface area contributed by atoms with Crippen LogP contribution in [-0.2, 0) is 28.7 Å². The topological polar surface area (TPSA) is 86.7 Å². The van der Waals surface area contributed by atoms with Gasteiger partial charge in [-0.3, -0.25) is 19.2 Å².